The molecule has 0 saturated heterocycles. The van der Waals surface area contributed by atoms with Gasteiger partial charge in [-0.15, -0.1) is 0 Å². The molecule has 2 rings (SSSR count). The standard InChI is InChI=1S/C15H15NO5/c17-8-9-20-13-6-7-14(16(18)19)15(10-13)21-11-12-4-2-1-3-5-12/h1-7,10,17H,8-9,11H2. The Morgan fingerprint density at radius 1 is 1.10 bits per heavy atom. The Balaban J connectivity index is 2.16. The molecule has 0 aliphatic carbocycles. The number of hydrogen-bond donors (Lipinski definition) is 1. The Morgan fingerprint density at radius 3 is 2.52 bits per heavy atom. The molecule has 2 aromatic rings. The summed E-state index contributed by atoms with van der Waals surface area (Å²) in [6.45, 7) is 0.220. The second-order valence-corrected chi connectivity index (χ2v) is 4.23. The van der Waals surface area contributed by atoms with Crippen molar-refractivity contribution in [2.75, 3.05) is 13.2 Å². The summed E-state index contributed by atoms with van der Waals surface area (Å²) in [4.78, 5) is 10.5. The summed E-state index contributed by atoms with van der Waals surface area (Å²) in [5.41, 5.74) is 0.788. The SMILES string of the molecule is O=[N+]([O-])c1ccc(OCCO)cc1OCc1ccccc1. The van der Waals surface area contributed by atoms with Gasteiger partial charge in [-0.1, -0.05) is 30.3 Å². The first kappa shape index (κ1) is 14.8. The van der Waals surface area contributed by atoms with E-state index in [0.717, 1.165) is 5.56 Å². The molecule has 6 heteroatoms. The molecule has 0 bridgehead atoms. The smallest absolute Gasteiger partial charge is 0.311 e. The zero-order valence-electron chi connectivity index (χ0n) is 11.3. The van der Waals surface area contributed by atoms with Crippen molar-refractivity contribution in [1.82, 2.24) is 0 Å². The Kier molecular flexibility index (Phi) is 5.11. The van der Waals surface area contributed by atoms with Gasteiger partial charge in [0.1, 0.15) is 19.0 Å². The van der Waals surface area contributed by atoms with Gasteiger partial charge >= 0.3 is 5.69 Å². The maximum absolute atomic E-state index is 11.0. The van der Waals surface area contributed by atoms with Crippen LogP contribution in [0.1, 0.15) is 5.56 Å². The van der Waals surface area contributed by atoms with E-state index in [1.807, 2.05) is 30.3 Å². The highest BCUT2D eigenvalue weighted by Crippen LogP contribution is 2.31. The van der Waals surface area contributed by atoms with Gasteiger partial charge in [-0.2, -0.15) is 0 Å². The molecule has 0 aliphatic heterocycles. The third-order valence-electron chi connectivity index (χ3n) is 2.73. The number of aliphatic hydroxyl groups excluding tert-OH is 1. The molecule has 0 atom stereocenters. The van der Waals surface area contributed by atoms with Crippen molar-refractivity contribution >= 4 is 5.69 Å². The second kappa shape index (κ2) is 7.25. The van der Waals surface area contributed by atoms with Crippen LogP contribution in [0.2, 0.25) is 0 Å². The summed E-state index contributed by atoms with van der Waals surface area (Å²) in [6.07, 6.45) is 0. The molecule has 0 radical (unpaired) electrons. The van der Waals surface area contributed by atoms with Crippen molar-refractivity contribution in [2.45, 2.75) is 6.61 Å². The first-order chi connectivity index (χ1) is 10.2. The molecule has 21 heavy (non-hydrogen) atoms. The van der Waals surface area contributed by atoms with E-state index in [-0.39, 0.29) is 31.3 Å². The molecule has 0 aromatic heterocycles. The zero-order chi connectivity index (χ0) is 15.1. The Bertz CT molecular complexity index is 600. The third kappa shape index (κ3) is 4.19. The van der Waals surface area contributed by atoms with Gasteiger partial charge < -0.3 is 14.6 Å². The van der Waals surface area contributed by atoms with Gasteiger partial charge in [0.15, 0.2) is 0 Å². The molecule has 0 heterocycles. The monoisotopic (exact) mass is 289 g/mol. The summed E-state index contributed by atoms with van der Waals surface area (Å²) in [6, 6.07) is 13.6. The van der Waals surface area contributed by atoms with Gasteiger partial charge in [0.05, 0.1) is 11.5 Å². The van der Waals surface area contributed by atoms with Gasteiger partial charge in [-0.25, -0.2) is 0 Å². The second-order valence-electron chi connectivity index (χ2n) is 4.23. The molecule has 0 amide bonds. The quantitative estimate of drug-likeness (QED) is 0.625. The summed E-state index contributed by atoms with van der Waals surface area (Å²) < 4.78 is 10.8. The minimum Gasteiger partial charge on any atom is -0.491 e. The molecular formula is C15H15NO5. The molecule has 0 spiro atoms. The van der Waals surface area contributed by atoms with E-state index in [0.29, 0.717) is 5.75 Å². The molecule has 0 aliphatic rings. The fourth-order valence-electron chi connectivity index (χ4n) is 1.75. The van der Waals surface area contributed by atoms with Crippen molar-refractivity contribution < 1.29 is 19.5 Å². The molecule has 1 N–H and O–H groups in total. The first-order valence-corrected chi connectivity index (χ1v) is 6.39. The summed E-state index contributed by atoms with van der Waals surface area (Å²) in [7, 11) is 0. The lowest BCUT2D eigenvalue weighted by Crippen LogP contribution is -2.03. The lowest BCUT2D eigenvalue weighted by Gasteiger charge is -2.09. The molecule has 0 saturated carbocycles. The van der Waals surface area contributed by atoms with Crippen LogP contribution in [-0.2, 0) is 6.61 Å². The normalized spacial score (nSPS) is 10.1. The fraction of sp³-hybridized carbons (Fsp3) is 0.200. The number of nitro groups is 1. The lowest BCUT2D eigenvalue weighted by molar-refractivity contribution is -0.386. The number of ether oxygens (including phenoxy) is 2. The molecule has 6 nitrogen and oxygen atoms in total. The van der Waals surface area contributed by atoms with Crippen molar-refractivity contribution in [3.05, 3.63) is 64.2 Å². The summed E-state index contributed by atoms with van der Waals surface area (Å²) in [5.74, 6) is 0.553. The summed E-state index contributed by atoms with van der Waals surface area (Å²) >= 11 is 0. The van der Waals surface area contributed by atoms with E-state index >= 15 is 0 Å². The molecule has 0 fully saturated rings. The van der Waals surface area contributed by atoms with Crippen molar-refractivity contribution in [2.24, 2.45) is 0 Å². The van der Waals surface area contributed by atoms with Crippen LogP contribution in [0.4, 0.5) is 5.69 Å². The first-order valence-electron chi connectivity index (χ1n) is 6.39. The average molecular weight is 289 g/mol. The van der Waals surface area contributed by atoms with Gasteiger partial charge in [0.25, 0.3) is 0 Å². The van der Waals surface area contributed by atoms with Crippen LogP contribution in [0, 0.1) is 10.1 Å². The Labute approximate surface area is 121 Å². The van der Waals surface area contributed by atoms with Gasteiger partial charge in [-0.05, 0) is 11.6 Å². The van der Waals surface area contributed by atoms with Crippen LogP contribution < -0.4 is 9.47 Å². The lowest BCUT2D eigenvalue weighted by atomic mass is 10.2. The number of nitrogens with zero attached hydrogens (tertiary/aromatic N) is 1. The number of aliphatic hydroxyl groups is 1. The van der Waals surface area contributed by atoms with Crippen LogP contribution in [0.25, 0.3) is 0 Å². The van der Waals surface area contributed by atoms with Crippen LogP contribution >= 0.6 is 0 Å². The van der Waals surface area contributed by atoms with E-state index in [4.69, 9.17) is 14.6 Å². The minimum absolute atomic E-state index is 0.121. The number of rotatable bonds is 7. The van der Waals surface area contributed by atoms with Crippen LogP contribution in [-0.4, -0.2) is 23.2 Å². The predicted octanol–water partition coefficient (Wildman–Crippen LogP) is 2.54. The highest BCUT2D eigenvalue weighted by molar-refractivity contribution is 5.50. The maximum Gasteiger partial charge on any atom is 0.311 e. The molecular weight excluding hydrogens is 274 g/mol. The van der Waals surface area contributed by atoms with E-state index < -0.39 is 4.92 Å². The van der Waals surface area contributed by atoms with Gasteiger partial charge in [0, 0.05) is 12.1 Å². The highest BCUT2D eigenvalue weighted by Gasteiger charge is 2.16. The Morgan fingerprint density at radius 2 is 1.86 bits per heavy atom. The van der Waals surface area contributed by atoms with E-state index in [9.17, 15) is 10.1 Å². The van der Waals surface area contributed by atoms with E-state index in [2.05, 4.69) is 0 Å². The van der Waals surface area contributed by atoms with Gasteiger partial charge in [0.2, 0.25) is 5.75 Å². The zero-order valence-corrected chi connectivity index (χ0v) is 11.3. The van der Waals surface area contributed by atoms with Crippen LogP contribution in [0.15, 0.2) is 48.5 Å². The fourth-order valence-corrected chi connectivity index (χ4v) is 1.75. The predicted molar refractivity (Wildman–Crippen MR) is 76.5 cm³/mol. The number of hydrogen-bond acceptors (Lipinski definition) is 5. The Hall–Kier alpha value is -2.60. The molecule has 2 aromatic carbocycles. The van der Waals surface area contributed by atoms with Crippen molar-refractivity contribution in [3.63, 3.8) is 0 Å². The third-order valence-corrected chi connectivity index (χ3v) is 2.73. The molecule has 110 valence electrons. The average Bonchev–Trinajstić information content (AvgIpc) is 2.51. The topological polar surface area (TPSA) is 81.8 Å². The van der Waals surface area contributed by atoms with Gasteiger partial charge in [-0.3, -0.25) is 10.1 Å². The number of nitro benzene ring substituents is 1. The molecule has 0 unspecified atom stereocenters. The van der Waals surface area contributed by atoms with Crippen molar-refractivity contribution in [1.29, 1.82) is 0 Å². The van der Waals surface area contributed by atoms with Crippen LogP contribution in [0.3, 0.4) is 0 Å². The highest BCUT2D eigenvalue weighted by atomic mass is 16.6. The summed E-state index contributed by atoms with van der Waals surface area (Å²) in [5, 5.41) is 19.7. The maximum atomic E-state index is 11.0. The van der Waals surface area contributed by atoms with E-state index in [1.165, 1.54) is 18.2 Å². The minimum atomic E-state index is -0.504. The van der Waals surface area contributed by atoms with E-state index in [1.54, 1.807) is 0 Å². The van der Waals surface area contributed by atoms with Crippen LogP contribution in [0.5, 0.6) is 11.5 Å². The largest absolute Gasteiger partial charge is 0.491 e. The van der Waals surface area contributed by atoms with Crippen molar-refractivity contribution in [3.8, 4) is 11.5 Å². The number of benzene rings is 2.